The van der Waals surface area contributed by atoms with Crippen LogP contribution in [0.25, 0.3) is 21.9 Å². The number of nitrogens with zero attached hydrogens (tertiary/aromatic N) is 2. The first-order chi connectivity index (χ1) is 15.0. The molecule has 1 aliphatic heterocycles. The van der Waals surface area contributed by atoms with E-state index in [0.717, 1.165) is 50.1 Å². The molecule has 158 valence electrons. The molecule has 0 radical (unpaired) electrons. The number of ether oxygens (including phenoxy) is 1. The number of benzene rings is 2. The molecule has 2 aromatic heterocycles. The number of hydrogen-bond donors (Lipinski definition) is 1. The molecule has 2 aromatic carbocycles. The average Bonchev–Trinajstić information content (AvgIpc) is 3.52. The highest BCUT2D eigenvalue weighted by molar-refractivity contribution is 6.36. The van der Waals surface area contributed by atoms with E-state index in [-0.39, 0.29) is 11.6 Å². The highest BCUT2D eigenvalue weighted by Crippen LogP contribution is 2.47. The first kappa shape index (κ1) is 19.4. The van der Waals surface area contributed by atoms with Crippen molar-refractivity contribution >= 4 is 45.1 Å². The maximum Gasteiger partial charge on any atom is 0.254 e. The first-order valence-corrected chi connectivity index (χ1v) is 11.4. The van der Waals surface area contributed by atoms with Gasteiger partial charge in [-0.15, -0.1) is 0 Å². The Morgan fingerprint density at radius 3 is 2.87 bits per heavy atom. The highest BCUT2D eigenvalue weighted by atomic mass is 35.5. The molecule has 0 bridgehead atoms. The molecule has 7 heteroatoms. The van der Waals surface area contributed by atoms with Gasteiger partial charge in [0.2, 0.25) is 0 Å². The largest absolute Gasteiger partial charge is 0.376 e. The minimum Gasteiger partial charge on any atom is -0.376 e. The SMILES string of the molecule is C[C@H](c1c(Cl)ccc(C2CC2)c1Cl)n1cnc2cc3[nH]c(=O)c4c(c3cc21)CCOC4. The predicted octanol–water partition coefficient (Wildman–Crippen LogP) is 5.74. The van der Waals surface area contributed by atoms with Crippen molar-refractivity contribution in [1.29, 1.82) is 0 Å². The molecule has 6 rings (SSSR count). The second kappa shape index (κ2) is 7.09. The molecule has 1 aliphatic carbocycles. The fraction of sp³-hybridized carbons (Fsp3) is 0.333. The molecule has 2 aliphatic rings. The summed E-state index contributed by atoms with van der Waals surface area (Å²) in [5.74, 6) is 0.546. The van der Waals surface area contributed by atoms with Crippen LogP contribution in [0.1, 0.15) is 54.0 Å². The van der Waals surface area contributed by atoms with Gasteiger partial charge in [-0.25, -0.2) is 4.98 Å². The topological polar surface area (TPSA) is 59.9 Å². The van der Waals surface area contributed by atoms with Crippen LogP contribution in [0.5, 0.6) is 0 Å². The third-order valence-corrected chi connectivity index (χ3v) is 7.43. The standard InChI is InChI=1S/C24H21Cl2N3O2/c1-12(22-18(25)5-4-14(23(22)26)13-2-3-13)29-11-27-20-9-19-16(8-21(20)29)15-6-7-31-10-17(15)24(30)28-19/h4-5,8-9,11-13H,2-3,6-7,10H2,1H3,(H,28,30)/t12-/m1/s1. The van der Waals surface area contributed by atoms with E-state index in [2.05, 4.69) is 33.6 Å². The zero-order valence-corrected chi connectivity index (χ0v) is 18.6. The number of hydrogen-bond acceptors (Lipinski definition) is 3. The van der Waals surface area contributed by atoms with Gasteiger partial charge in [-0.1, -0.05) is 29.3 Å². The molecule has 1 saturated carbocycles. The number of imidazole rings is 1. The summed E-state index contributed by atoms with van der Waals surface area (Å²) < 4.78 is 7.63. The molecule has 0 unspecified atom stereocenters. The van der Waals surface area contributed by atoms with E-state index in [0.29, 0.717) is 24.2 Å². The van der Waals surface area contributed by atoms with Gasteiger partial charge in [-0.05, 0) is 61.4 Å². The molecule has 5 nitrogen and oxygen atoms in total. The van der Waals surface area contributed by atoms with Gasteiger partial charge >= 0.3 is 0 Å². The Bertz CT molecular complexity index is 1420. The summed E-state index contributed by atoms with van der Waals surface area (Å²) in [6.45, 7) is 3.08. The minimum atomic E-state index is -0.0805. The predicted molar refractivity (Wildman–Crippen MR) is 123 cm³/mol. The molecule has 3 heterocycles. The quantitative estimate of drug-likeness (QED) is 0.429. The van der Waals surface area contributed by atoms with E-state index in [1.54, 1.807) is 0 Å². The summed E-state index contributed by atoms with van der Waals surface area (Å²) in [6, 6.07) is 8.02. The Balaban J connectivity index is 1.55. The van der Waals surface area contributed by atoms with E-state index in [1.165, 1.54) is 18.4 Å². The first-order valence-electron chi connectivity index (χ1n) is 10.6. The monoisotopic (exact) mass is 453 g/mol. The summed E-state index contributed by atoms with van der Waals surface area (Å²) in [5, 5.41) is 2.48. The Labute approximate surface area is 188 Å². The number of nitrogens with one attached hydrogen (secondary N) is 1. The molecule has 0 amide bonds. The van der Waals surface area contributed by atoms with Crippen LogP contribution in [0.2, 0.25) is 10.0 Å². The Hall–Kier alpha value is -2.34. The summed E-state index contributed by atoms with van der Waals surface area (Å²) in [7, 11) is 0. The second-order valence-electron chi connectivity index (χ2n) is 8.57. The van der Waals surface area contributed by atoms with Crippen molar-refractivity contribution in [1.82, 2.24) is 14.5 Å². The summed E-state index contributed by atoms with van der Waals surface area (Å²) in [6.07, 6.45) is 4.93. The van der Waals surface area contributed by atoms with Gasteiger partial charge in [0.05, 0.1) is 47.2 Å². The Morgan fingerprint density at radius 2 is 2.06 bits per heavy atom. The van der Waals surface area contributed by atoms with E-state index < -0.39 is 0 Å². The summed E-state index contributed by atoms with van der Waals surface area (Å²) >= 11 is 13.5. The van der Waals surface area contributed by atoms with Crippen LogP contribution in [0, 0.1) is 0 Å². The smallest absolute Gasteiger partial charge is 0.254 e. The van der Waals surface area contributed by atoms with Crippen molar-refractivity contribution in [2.24, 2.45) is 0 Å². The van der Waals surface area contributed by atoms with Crippen LogP contribution in [-0.4, -0.2) is 21.1 Å². The number of aromatic amines is 1. The Kier molecular flexibility index (Phi) is 4.43. The van der Waals surface area contributed by atoms with Crippen LogP contribution in [0.4, 0.5) is 0 Å². The van der Waals surface area contributed by atoms with Gasteiger partial charge in [0, 0.05) is 21.5 Å². The third-order valence-electron chi connectivity index (χ3n) is 6.68. The number of halogens is 2. The summed E-state index contributed by atoms with van der Waals surface area (Å²) in [4.78, 5) is 20.1. The maximum atomic E-state index is 12.5. The molecule has 0 saturated heterocycles. The van der Waals surface area contributed by atoms with Crippen molar-refractivity contribution < 1.29 is 4.74 Å². The number of fused-ring (bicyclic) bond motifs is 4. The number of pyridine rings is 1. The van der Waals surface area contributed by atoms with Crippen molar-refractivity contribution in [3.8, 4) is 0 Å². The summed E-state index contributed by atoms with van der Waals surface area (Å²) in [5.41, 5.74) is 6.46. The van der Waals surface area contributed by atoms with E-state index in [9.17, 15) is 4.79 Å². The lowest BCUT2D eigenvalue weighted by Gasteiger charge is -2.21. The van der Waals surface area contributed by atoms with Crippen LogP contribution in [0.15, 0.2) is 35.4 Å². The van der Waals surface area contributed by atoms with Crippen molar-refractivity contribution in [2.75, 3.05) is 6.61 Å². The van der Waals surface area contributed by atoms with Gasteiger partial charge < -0.3 is 14.3 Å². The molecule has 1 atom stereocenters. The third kappa shape index (κ3) is 3.02. The Morgan fingerprint density at radius 1 is 1.23 bits per heavy atom. The van der Waals surface area contributed by atoms with Gasteiger partial charge in [0.25, 0.3) is 5.56 Å². The van der Waals surface area contributed by atoms with E-state index in [1.807, 2.05) is 18.5 Å². The molecule has 31 heavy (non-hydrogen) atoms. The minimum absolute atomic E-state index is 0.0789. The lowest BCUT2D eigenvalue weighted by molar-refractivity contribution is 0.110. The van der Waals surface area contributed by atoms with Crippen LogP contribution < -0.4 is 5.56 Å². The van der Waals surface area contributed by atoms with Gasteiger partial charge in [-0.2, -0.15) is 0 Å². The number of aromatic nitrogens is 3. The van der Waals surface area contributed by atoms with E-state index in [4.69, 9.17) is 27.9 Å². The molecule has 0 spiro atoms. The normalized spacial score (nSPS) is 17.3. The van der Waals surface area contributed by atoms with Crippen LogP contribution >= 0.6 is 23.2 Å². The lowest BCUT2D eigenvalue weighted by atomic mass is 9.98. The average molecular weight is 454 g/mol. The molecule has 1 fully saturated rings. The fourth-order valence-corrected chi connectivity index (χ4v) is 5.68. The number of H-pyrrole nitrogens is 1. The lowest BCUT2D eigenvalue weighted by Crippen LogP contribution is -2.22. The van der Waals surface area contributed by atoms with Crippen molar-refractivity contribution in [3.63, 3.8) is 0 Å². The zero-order chi connectivity index (χ0) is 21.3. The van der Waals surface area contributed by atoms with Gasteiger partial charge in [0.1, 0.15) is 0 Å². The van der Waals surface area contributed by atoms with Crippen molar-refractivity contribution in [3.05, 3.63) is 73.2 Å². The fourth-order valence-electron chi connectivity index (χ4n) is 4.84. The van der Waals surface area contributed by atoms with E-state index >= 15 is 0 Å². The van der Waals surface area contributed by atoms with Crippen LogP contribution in [-0.2, 0) is 17.8 Å². The van der Waals surface area contributed by atoms with Crippen molar-refractivity contribution in [2.45, 2.75) is 44.8 Å². The van der Waals surface area contributed by atoms with Crippen LogP contribution in [0.3, 0.4) is 0 Å². The zero-order valence-electron chi connectivity index (χ0n) is 17.0. The molecule has 4 aromatic rings. The highest BCUT2D eigenvalue weighted by Gasteiger charge is 2.29. The number of rotatable bonds is 3. The second-order valence-corrected chi connectivity index (χ2v) is 9.35. The molecule has 1 N–H and O–H groups in total. The van der Waals surface area contributed by atoms with Gasteiger partial charge in [-0.3, -0.25) is 4.79 Å². The van der Waals surface area contributed by atoms with Gasteiger partial charge in [0.15, 0.2) is 0 Å². The molecular weight excluding hydrogens is 433 g/mol. The molecular formula is C24H21Cl2N3O2. The maximum absolute atomic E-state index is 12.5.